The summed E-state index contributed by atoms with van der Waals surface area (Å²) in [6.07, 6.45) is -3.93. The fraction of sp³-hybridized carbons (Fsp3) is 0.214. The zero-order valence-electron chi connectivity index (χ0n) is 11.4. The molecule has 2 aromatic rings. The van der Waals surface area contributed by atoms with Crippen LogP contribution in [0.4, 0.5) is 13.2 Å². The summed E-state index contributed by atoms with van der Waals surface area (Å²) in [6.45, 7) is 0. The molecule has 1 aromatic heterocycles. The summed E-state index contributed by atoms with van der Waals surface area (Å²) in [5.41, 5.74) is -0.249. The van der Waals surface area contributed by atoms with Gasteiger partial charge in [-0.15, -0.1) is 0 Å². The van der Waals surface area contributed by atoms with Gasteiger partial charge in [0, 0.05) is 12.0 Å². The summed E-state index contributed by atoms with van der Waals surface area (Å²) in [5.74, 6) is -0.544. The van der Waals surface area contributed by atoms with Crippen molar-refractivity contribution in [1.29, 1.82) is 0 Å². The Bertz CT molecular complexity index is 690. The van der Waals surface area contributed by atoms with Gasteiger partial charge in [0.25, 0.3) is 0 Å². The highest BCUT2D eigenvalue weighted by molar-refractivity contribution is 5.90. The van der Waals surface area contributed by atoms with Crippen molar-refractivity contribution in [2.45, 2.75) is 12.6 Å². The number of nitrogens with zero attached hydrogens (tertiary/aromatic N) is 1. The zero-order valence-corrected chi connectivity index (χ0v) is 11.4. The maximum Gasteiger partial charge on any atom is 0.416 e. The summed E-state index contributed by atoms with van der Waals surface area (Å²) in [5, 5.41) is 0. The van der Waals surface area contributed by atoms with E-state index in [1.165, 1.54) is 19.2 Å². The lowest BCUT2D eigenvalue weighted by Crippen LogP contribution is -2.06. The Morgan fingerprint density at radius 1 is 1.32 bits per heavy atom. The molecule has 116 valence electrons. The molecule has 0 amide bonds. The van der Waals surface area contributed by atoms with E-state index in [1.54, 1.807) is 0 Å². The molecule has 0 bridgehead atoms. The zero-order chi connectivity index (χ0) is 16.3. The second kappa shape index (κ2) is 6.00. The number of hydrogen-bond acceptors (Lipinski definition) is 4. The number of imidazole rings is 1. The number of ether oxygens (including phenoxy) is 1. The minimum atomic E-state index is -4.43. The van der Waals surface area contributed by atoms with Crippen molar-refractivity contribution in [3.63, 3.8) is 0 Å². The normalized spacial score (nSPS) is 11.3. The van der Waals surface area contributed by atoms with Gasteiger partial charge in [0.15, 0.2) is 5.69 Å². The number of nitrogens with one attached hydrogen (secondary N) is 1. The predicted octanol–water partition coefficient (Wildman–Crippen LogP) is 2.62. The molecule has 1 N–H and O–H groups in total. The molecule has 0 saturated carbocycles. The number of H-pyrrole nitrogens is 1. The molecule has 0 spiro atoms. The second-order valence-corrected chi connectivity index (χ2v) is 4.35. The van der Waals surface area contributed by atoms with Crippen LogP contribution in [0.5, 0.6) is 0 Å². The van der Waals surface area contributed by atoms with Gasteiger partial charge < -0.3 is 14.5 Å². The third-order valence-corrected chi connectivity index (χ3v) is 2.93. The fourth-order valence-corrected chi connectivity index (χ4v) is 1.86. The van der Waals surface area contributed by atoms with Gasteiger partial charge in [-0.1, -0.05) is 12.1 Å². The van der Waals surface area contributed by atoms with Crippen LogP contribution < -0.4 is 0 Å². The number of alkyl halides is 3. The Morgan fingerprint density at radius 3 is 2.45 bits per heavy atom. The van der Waals surface area contributed by atoms with Crippen molar-refractivity contribution in [2.24, 2.45) is 0 Å². The van der Waals surface area contributed by atoms with Gasteiger partial charge in [-0.05, 0) is 12.1 Å². The summed E-state index contributed by atoms with van der Waals surface area (Å²) in [6, 6.07) is 4.28. The van der Waals surface area contributed by atoms with Crippen molar-refractivity contribution in [1.82, 2.24) is 9.97 Å². The molecule has 0 saturated heterocycles. The number of rotatable bonds is 4. The van der Waals surface area contributed by atoms with Crippen molar-refractivity contribution in [3.05, 3.63) is 41.2 Å². The Labute approximate surface area is 123 Å². The van der Waals surface area contributed by atoms with Gasteiger partial charge in [-0.2, -0.15) is 13.2 Å². The van der Waals surface area contributed by atoms with Crippen molar-refractivity contribution in [2.75, 3.05) is 7.11 Å². The number of aromatic amines is 1. The molecular weight excluding hydrogens is 301 g/mol. The summed E-state index contributed by atoms with van der Waals surface area (Å²) < 4.78 is 42.1. The van der Waals surface area contributed by atoms with E-state index >= 15 is 0 Å². The van der Waals surface area contributed by atoms with Gasteiger partial charge in [-0.3, -0.25) is 0 Å². The van der Waals surface area contributed by atoms with Crippen LogP contribution in [-0.4, -0.2) is 29.3 Å². The number of aromatic nitrogens is 2. The van der Waals surface area contributed by atoms with E-state index in [1.807, 2.05) is 0 Å². The van der Waals surface area contributed by atoms with E-state index in [2.05, 4.69) is 14.7 Å². The van der Waals surface area contributed by atoms with Crippen molar-refractivity contribution in [3.8, 4) is 11.4 Å². The van der Waals surface area contributed by atoms with E-state index in [4.69, 9.17) is 0 Å². The van der Waals surface area contributed by atoms with Crippen molar-refractivity contribution >= 4 is 12.3 Å². The van der Waals surface area contributed by atoms with E-state index < -0.39 is 17.7 Å². The minimum absolute atomic E-state index is 0.0653. The van der Waals surface area contributed by atoms with E-state index in [-0.39, 0.29) is 23.6 Å². The molecule has 0 aliphatic heterocycles. The van der Waals surface area contributed by atoms with Crippen LogP contribution in [0.1, 0.15) is 21.7 Å². The quantitative estimate of drug-likeness (QED) is 0.696. The molecule has 0 unspecified atom stereocenters. The van der Waals surface area contributed by atoms with E-state index in [0.29, 0.717) is 11.8 Å². The number of hydrogen-bond donors (Lipinski definition) is 1. The van der Waals surface area contributed by atoms with Crippen molar-refractivity contribution < 1.29 is 27.5 Å². The summed E-state index contributed by atoms with van der Waals surface area (Å²) >= 11 is 0. The minimum Gasteiger partial charge on any atom is -0.464 e. The van der Waals surface area contributed by atoms with Gasteiger partial charge in [0.2, 0.25) is 0 Å². The largest absolute Gasteiger partial charge is 0.464 e. The van der Waals surface area contributed by atoms with Gasteiger partial charge >= 0.3 is 12.1 Å². The lowest BCUT2D eigenvalue weighted by molar-refractivity contribution is -0.137. The van der Waals surface area contributed by atoms with Crippen LogP contribution in [-0.2, 0) is 22.1 Å². The molecule has 0 radical (unpaired) electrons. The second-order valence-electron chi connectivity index (χ2n) is 4.35. The van der Waals surface area contributed by atoms with Gasteiger partial charge in [0.05, 0.1) is 18.4 Å². The molecule has 0 atom stereocenters. The first-order valence-corrected chi connectivity index (χ1v) is 6.15. The summed E-state index contributed by atoms with van der Waals surface area (Å²) in [7, 11) is 1.17. The molecule has 22 heavy (non-hydrogen) atoms. The first-order chi connectivity index (χ1) is 10.4. The number of benzene rings is 1. The average Bonchev–Trinajstić information content (AvgIpc) is 2.90. The van der Waals surface area contributed by atoms with E-state index in [9.17, 15) is 22.8 Å². The number of carbonyl (C=O) groups excluding carboxylic acids is 2. The lowest BCUT2D eigenvalue weighted by atomic mass is 10.1. The summed E-state index contributed by atoms with van der Waals surface area (Å²) in [4.78, 5) is 28.9. The van der Waals surface area contributed by atoms with Crippen LogP contribution in [0.15, 0.2) is 24.3 Å². The highest BCUT2D eigenvalue weighted by Crippen LogP contribution is 2.30. The molecule has 5 nitrogen and oxygen atoms in total. The average molecular weight is 312 g/mol. The van der Waals surface area contributed by atoms with Gasteiger partial charge in [0.1, 0.15) is 12.1 Å². The first-order valence-electron chi connectivity index (χ1n) is 6.15. The molecule has 0 aliphatic carbocycles. The number of aldehydes is 1. The molecule has 0 fully saturated rings. The van der Waals surface area contributed by atoms with Crippen LogP contribution in [0, 0.1) is 0 Å². The highest BCUT2D eigenvalue weighted by Gasteiger charge is 2.30. The Hall–Kier alpha value is -2.64. The fourth-order valence-electron chi connectivity index (χ4n) is 1.86. The molecule has 1 aromatic carbocycles. The lowest BCUT2D eigenvalue weighted by Gasteiger charge is -2.06. The highest BCUT2D eigenvalue weighted by atomic mass is 19.4. The smallest absolute Gasteiger partial charge is 0.416 e. The standard InChI is InChI=1S/C14H11F3N2O3/c1-22-13(21)11-10(6-7-20)18-12(19-11)8-2-4-9(5-3-8)14(15,16)17/h2-5,7H,6H2,1H3,(H,18,19). The number of halogens is 3. The number of esters is 1. The number of carbonyl (C=O) groups is 2. The van der Waals surface area contributed by atoms with Crippen LogP contribution >= 0.6 is 0 Å². The SMILES string of the molecule is COC(=O)c1nc(-c2ccc(C(F)(F)F)cc2)[nH]c1CC=O. The van der Waals surface area contributed by atoms with Crippen LogP contribution in [0.3, 0.4) is 0 Å². The Morgan fingerprint density at radius 2 is 1.95 bits per heavy atom. The third-order valence-electron chi connectivity index (χ3n) is 2.93. The Kier molecular flexibility index (Phi) is 4.30. The third kappa shape index (κ3) is 3.16. The maximum absolute atomic E-state index is 12.5. The van der Waals surface area contributed by atoms with Crippen LogP contribution in [0.25, 0.3) is 11.4 Å². The molecule has 2 rings (SSSR count). The molecule has 1 heterocycles. The van der Waals surface area contributed by atoms with E-state index in [0.717, 1.165) is 12.1 Å². The van der Waals surface area contributed by atoms with Gasteiger partial charge in [-0.25, -0.2) is 9.78 Å². The topological polar surface area (TPSA) is 72.0 Å². The monoisotopic (exact) mass is 312 g/mol. The number of methoxy groups -OCH3 is 1. The predicted molar refractivity (Wildman–Crippen MR) is 70.1 cm³/mol. The molecule has 8 heteroatoms. The first kappa shape index (κ1) is 15.7. The molecule has 0 aliphatic rings. The van der Waals surface area contributed by atoms with Crippen LogP contribution in [0.2, 0.25) is 0 Å². The maximum atomic E-state index is 12.5. The Balaban J connectivity index is 2.40. The molecular formula is C14H11F3N2O3.